The molecule has 214 valence electrons. The summed E-state index contributed by atoms with van der Waals surface area (Å²) in [5.41, 5.74) is 21.6. The summed E-state index contributed by atoms with van der Waals surface area (Å²) in [6.07, 6.45) is 0. The van der Waals surface area contributed by atoms with Crippen molar-refractivity contribution in [1.29, 1.82) is 0 Å². The lowest BCUT2D eigenvalue weighted by Gasteiger charge is -2.34. The molecule has 0 atom stereocenters. The van der Waals surface area contributed by atoms with Crippen molar-refractivity contribution in [3.8, 4) is 46.3 Å². The van der Waals surface area contributed by atoms with Gasteiger partial charge in [-0.25, -0.2) is 0 Å². The van der Waals surface area contributed by atoms with Gasteiger partial charge in [-0.15, -0.1) is 0 Å². The second-order valence-electron chi connectivity index (χ2n) is 11.0. The van der Waals surface area contributed by atoms with Crippen LogP contribution < -0.4 is 11.5 Å². The molecule has 1 aliphatic carbocycles. The van der Waals surface area contributed by atoms with Gasteiger partial charge in [-0.05, 0) is 106 Å². The molecular weight excluding hydrogens is 552 g/mol. The predicted molar refractivity (Wildman–Crippen MR) is 181 cm³/mol. The number of hydrogen-bond donors (Lipinski definition) is 4. The molecule has 4 nitrogen and oxygen atoms in total. The van der Waals surface area contributed by atoms with E-state index < -0.39 is 5.41 Å². The highest BCUT2D eigenvalue weighted by Gasteiger charge is 2.46. The smallest absolute Gasteiger partial charge is 0.138 e. The van der Waals surface area contributed by atoms with Crippen LogP contribution in [0, 0.1) is 23.7 Å². The quantitative estimate of drug-likeness (QED) is 0.0973. The monoisotopic (exact) mass is 580 g/mol. The van der Waals surface area contributed by atoms with Crippen LogP contribution >= 0.6 is 0 Å². The average Bonchev–Trinajstić information content (AvgIpc) is 3.36. The van der Waals surface area contributed by atoms with Crippen molar-refractivity contribution in [2.75, 3.05) is 11.5 Å². The summed E-state index contributed by atoms with van der Waals surface area (Å²) >= 11 is 0. The van der Waals surface area contributed by atoms with Crippen LogP contribution in [0.3, 0.4) is 0 Å². The van der Waals surface area contributed by atoms with Crippen LogP contribution in [0.5, 0.6) is 11.5 Å². The second kappa shape index (κ2) is 11.0. The Kier molecular flexibility index (Phi) is 6.74. The Bertz CT molecular complexity index is 2060. The van der Waals surface area contributed by atoms with E-state index >= 15 is 0 Å². The van der Waals surface area contributed by atoms with Crippen molar-refractivity contribution in [2.45, 2.75) is 5.41 Å². The number of phenols is 2. The number of rotatable bonds is 2. The predicted octanol–water partition coefficient (Wildman–Crippen LogP) is 7.42. The van der Waals surface area contributed by atoms with Gasteiger partial charge in [0.25, 0.3) is 0 Å². The number of aromatic hydroxyl groups is 2. The summed E-state index contributed by atoms with van der Waals surface area (Å²) in [6.45, 7) is 0. The summed E-state index contributed by atoms with van der Waals surface area (Å²) in [4.78, 5) is 0. The highest BCUT2D eigenvalue weighted by atomic mass is 16.3. The van der Waals surface area contributed by atoms with Crippen molar-refractivity contribution in [3.05, 3.63) is 178 Å². The lowest BCUT2D eigenvalue weighted by Crippen LogP contribution is -2.29. The molecule has 1 aliphatic rings. The normalized spacial score (nSPS) is 12.2. The van der Waals surface area contributed by atoms with Crippen LogP contribution in [0.1, 0.15) is 44.5 Å². The first kappa shape index (κ1) is 27.5. The zero-order valence-corrected chi connectivity index (χ0v) is 24.3. The third-order valence-electron chi connectivity index (χ3n) is 8.31. The van der Waals surface area contributed by atoms with E-state index in [0.717, 1.165) is 55.6 Å². The molecule has 0 saturated carbocycles. The average molecular weight is 581 g/mol. The number of anilines is 2. The van der Waals surface area contributed by atoms with Crippen molar-refractivity contribution in [3.63, 3.8) is 0 Å². The SMILES string of the molecule is Nc1cc(C2(c3ccc(O)c(N)c3)c3ccc(C#Cc4ccccc4)cc3-c3cc(C#Cc4ccccc4)ccc32)ccc1O. The molecule has 0 unspecified atom stereocenters. The molecule has 4 heteroatoms. The zero-order chi connectivity index (χ0) is 31.0. The lowest BCUT2D eigenvalue weighted by molar-refractivity contribution is 0.477. The molecule has 0 saturated heterocycles. The van der Waals surface area contributed by atoms with Crippen LogP contribution in [0.4, 0.5) is 11.4 Å². The van der Waals surface area contributed by atoms with Gasteiger partial charge >= 0.3 is 0 Å². The Morgan fingerprint density at radius 3 is 1.22 bits per heavy atom. The van der Waals surface area contributed by atoms with Crippen molar-refractivity contribution < 1.29 is 10.2 Å². The molecule has 45 heavy (non-hydrogen) atoms. The molecule has 0 amide bonds. The van der Waals surface area contributed by atoms with Gasteiger partial charge in [0.2, 0.25) is 0 Å². The Labute approximate surface area is 262 Å². The van der Waals surface area contributed by atoms with Crippen molar-refractivity contribution in [1.82, 2.24) is 0 Å². The van der Waals surface area contributed by atoms with Gasteiger partial charge in [0.15, 0.2) is 0 Å². The standard InChI is InChI=1S/C41H28N2O2/c42-37-25-31(17-21-39(37)44)41(32-18-22-40(45)38(43)26-32)35-19-15-29(13-11-27-7-3-1-4-8-27)23-33(35)34-24-30(16-20-36(34)41)14-12-28-9-5-2-6-10-28/h1-10,15-26,44-45H,42-43H2. The summed E-state index contributed by atoms with van der Waals surface area (Å²) in [5.74, 6) is 13.3. The molecular formula is C41H28N2O2. The van der Waals surface area contributed by atoms with Gasteiger partial charge in [-0.1, -0.05) is 84.3 Å². The molecule has 7 rings (SSSR count). The van der Waals surface area contributed by atoms with E-state index in [1.165, 1.54) is 0 Å². The van der Waals surface area contributed by atoms with E-state index in [-0.39, 0.29) is 22.9 Å². The van der Waals surface area contributed by atoms with Gasteiger partial charge in [0.1, 0.15) is 11.5 Å². The van der Waals surface area contributed by atoms with Gasteiger partial charge in [-0.3, -0.25) is 0 Å². The number of fused-ring (bicyclic) bond motifs is 3. The molecule has 0 heterocycles. The summed E-state index contributed by atoms with van der Waals surface area (Å²) in [7, 11) is 0. The van der Waals surface area contributed by atoms with E-state index in [2.05, 4.69) is 47.9 Å². The molecule has 0 aromatic heterocycles. The first-order chi connectivity index (χ1) is 21.9. The molecule has 6 N–H and O–H groups in total. The Balaban J connectivity index is 1.51. The zero-order valence-electron chi connectivity index (χ0n) is 24.3. The molecule has 0 fully saturated rings. The maximum absolute atomic E-state index is 10.4. The van der Waals surface area contributed by atoms with E-state index in [9.17, 15) is 10.2 Å². The minimum absolute atomic E-state index is 0.00984. The molecule has 0 aliphatic heterocycles. The lowest BCUT2D eigenvalue weighted by atomic mass is 9.67. The maximum atomic E-state index is 10.4. The fraction of sp³-hybridized carbons (Fsp3) is 0.0244. The fourth-order valence-corrected chi connectivity index (χ4v) is 6.18. The van der Waals surface area contributed by atoms with Gasteiger partial charge in [-0.2, -0.15) is 0 Å². The Morgan fingerprint density at radius 2 is 0.822 bits per heavy atom. The van der Waals surface area contributed by atoms with E-state index in [4.69, 9.17) is 11.5 Å². The van der Waals surface area contributed by atoms with Gasteiger partial charge in [0, 0.05) is 22.3 Å². The van der Waals surface area contributed by atoms with Crippen LogP contribution in [0.25, 0.3) is 11.1 Å². The van der Waals surface area contributed by atoms with Crippen molar-refractivity contribution >= 4 is 11.4 Å². The maximum Gasteiger partial charge on any atom is 0.138 e. The minimum Gasteiger partial charge on any atom is -0.506 e. The molecule has 0 spiro atoms. The van der Waals surface area contributed by atoms with Crippen LogP contribution in [-0.4, -0.2) is 10.2 Å². The Hall–Kier alpha value is -6.36. The van der Waals surface area contributed by atoms with Crippen molar-refractivity contribution in [2.24, 2.45) is 0 Å². The third kappa shape index (κ3) is 4.82. The summed E-state index contributed by atoms with van der Waals surface area (Å²) < 4.78 is 0. The third-order valence-corrected chi connectivity index (χ3v) is 8.31. The molecule has 0 bridgehead atoms. The van der Waals surface area contributed by atoms with Gasteiger partial charge in [0.05, 0.1) is 16.8 Å². The number of benzene rings is 6. The second-order valence-corrected chi connectivity index (χ2v) is 11.0. The first-order valence-electron chi connectivity index (χ1n) is 14.5. The van der Waals surface area contributed by atoms with E-state index in [0.29, 0.717) is 0 Å². The van der Waals surface area contributed by atoms with Crippen LogP contribution in [-0.2, 0) is 5.41 Å². The van der Waals surface area contributed by atoms with Gasteiger partial charge < -0.3 is 21.7 Å². The highest BCUT2D eigenvalue weighted by Crippen LogP contribution is 2.57. The molecule has 6 aromatic carbocycles. The van der Waals surface area contributed by atoms with Crippen LogP contribution in [0.2, 0.25) is 0 Å². The van der Waals surface area contributed by atoms with E-state index in [1.54, 1.807) is 12.1 Å². The largest absolute Gasteiger partial charge is 0.506 e. The number of phenolic OH excluding ortho intramolecular Hbond substituents is 2. The van der Waals surface area contributed by atoms with Crippen LogP contribution in [0.15, 0.2) is 133 Å². The summed E-state index contributed by atoms with van der Waals surface area (Å²) in [5, 5.41) is 20.8. The number of hydrogen-bond acceptors (Lipinski definition) is 4. The highest BCUT2D eigenvalue weighted by molar-refractivity contribution is 5.88. The first-order valence-corrected chi connectivity index (χ1v) is 14.5. The Morgan fingerprint density at radius 1 is 0.422 bits per heavy atom. The topological polar surface area (TPSA) is 92.5 Å². The molecule has 6 aromatic rings. The number of nitrogens with two attached hydrogens (primary N) is 2. The van der Waals surface area contributed by atoms with E-state index in [1.807, 2.05) is 97.1 Å². The minimum atomic E-state index is -0.856. The summed E-state index contributed by atoms with van der Waals surface area (Å²) in [6, 6.07) is 42.9. The fourth-order valence-electron chi connectivity index (χ4n) is 6.18. The number of nitrogen functional groups attached to an aromatic ring is 2. The molecule has 0 radical (unpaired) electrons.